The lowest BCUT2D eigenvalue weighted by molar-refractivity contribution is -0.139. The van der Waals surface area contributed by atoms with Gasteiger partial charge in [-0.05, 0) is 67.9 Å². The average Bonchev–Trinajstić information content (AvgIpc) is 3.66. The first kappa shape index (κ1) is 25.9. The summed E-state index contributed by atoms with van der Waals surface area (Å²) >= 11 is 0. The summed E-state index contributed by atoms with van der Waals surface area (Å²) in [5, 5.41) is 23.9. The molecule has 4 aliphatic carbocycles. The van der Waals surface area contributed by atoms with Crippen molar-refractivity contribution in [2.24, 2.45) is 23.7 Å². The molecule has 5 aliphatic rings. The molecule has 6 rings (SSSR count). The van der Waals surface area contributed by atoms with Gasteiger partial charge in [0.2, 0.25) is 11.8 Å². The van der Waals surface area contributed by atoms with Gasteiger partial charge in [-0.15, -0.1) is 0 Å². The van der Waals surface area contributed by atoms with Crippen molar-refractivity contribution in [1.82, 2.24) is 10.2 Å². The first-order valence-electron chi connectivity index (χ1n) is 14.9. The Morgan fingerprint density at radius 2 is 1.87 bits per heavy atom. The van der Waals surface area contributed by atoms with Crippen LogP contribution in [-0.2, 0) is 9.59 Å². The van der Waals surface area contributed by atoms with Gasteiger partial charge in [0, 0.05) is 30.6 Å². The fourth-order valence-corrected chi connectivity index (χ4v) is 8.20. The number of aliphatic hydroxyl groups is 2. The molecule has 3 fully saturated rings. The second-order valence-corrected chi connectivity index (χ2v) is 12.4. The molecule has 7 heteroatoms. The van der Waals surface area contributed by atoms with Gasteiger partial charge in [0.05, 0.1) is 18.6 Å². The van der Waals surface area contributed by atoms with E-state index in [0.717, 1.165) is 30.7 Å². The summed E-state index contributed by atoms with van der Waals surface area (Å²) in [6, 6.07) is 7.01. The molecule has 2 bridgehead atoms. The molecule has 3 saturated carbocycles. The van der Waals surface area contributed by atoms with Crippen molar-refractivity contribution in [3.63, 3.8) is 0 Å². The number of rotatable bonds is 8. The summed E-state index contributed by atoms with van der Waals surface area (Å²) in [6.45, 7) is 0.619. The molecule has 3 unspecified atom stereocenters. The third-order valence-corrected chi connectivity index (χ3v) is 10.1. The van der Waals surface area contributed by atoms with E-state index in [9.17, 15) is 19.8 Å². The van der Waals surface area contributed by atoms with E-state index in [1.165, 1.54) is 38.5 Å². The summed E-state index contributed by atoms with van der Waals surface area (Å²) < 4.78 is 6.27. The van der Waals surface area contributed by atoms with Crippen molar-refractivity contribution >= 4 is 11.8 Å². The molecule has 0 aromatic heterocycles. The number of hydrogen-bond acceptors (Lipinski definition) is 5. The molecule has 3 N–H and O–H groups in total. The number of ether oxygens (including phenoxy) is 1. The number of para-hydroxylation sites is 1. The number of nitrogens with one attached hydrogen (secondary N) is 1. The molecule has 0 spiro atoms. The van der Waals surface area contributed by atoms with Crippen LogP contribution in [0.2, 0.25) is 0 Å². The molecule has 0 radical (unpaired) electrons. The highest BCUT2D eigenvalue weighted by Crippen LogP contribution is 2.50. The number of aliphatic hydroxyl groups excluding tert-OH is 2. The van der Waals surface area contributed by atoms with Gasteiger partial charge in [0.1, 0.15) is 18.0 Å². The molecular formula is C31H42N2O5. The predicted octanol–water partition coefficient (Wildman–Crippen LogP) is 3.54. The zero-order valence-corrected chi connectivity index (χ0v) is 22.3. The van der Waals surface area contributed by atoms with Crippen molar-refractivity contribution < 1.29 is 24.5 Å². The van der Waals surface area contributed by atoms with Crippen LogP contribution in [0.5, 0.6) is 5.75 Å². The van der Waals surface area contributed by atoms with Crippen LogP contribution in [0, 0.1) is 23.7 Å². The first-order valence-corrected chi connectivity index (χ1v) is 14.9. The van der Waals surface area contributed by atoms with Gasteiger partial charge in [0.25, 0.3) is 0 Å². The van der Waals surface area contributed by atoms with E-state index in [4.69, 9.17) is 4.74 Å². The fraction of sp³-hybridized carbons (Fsp3) is 0.677. The second-order valence-electron chi connectivity index (χ2n) is 12.4. The van der Waals surface area contributed by atoms with Gasteiger partial charge < -0.3 is 25.2 Å². The van der Waals surface area contributed by atoms with Crippen molar-refractivity contribution in [3.05, 3.63) is 41.5 Å². The largest absolute Gasteiger partial charge is 0.486 e. The van der Waals surface area contributed by atoms with Crippen molar-refractivity contribution in [1.29, 1.82) is 0 Å². The zero-order chi connectivity index (χ0) is 26.2. The Morgan fingerprint density at radius 1 is 1.05 bits per heavy atom. The summed E-state index contributed by atoms with van der Waals surface area (Å²) in [7, 11) is 0. The Morgan fingerprint density at radius 3 is 2.61 bits per heavy atom. The SMILES string of the molecule is O=C(NCCO)C1=C[C@@H](N(CC2CCCCC2)C(=O)CC2CC3CCC2C3)[C@H](O)[C@H]2Oc3ccccc3[C@@H]12. The molecule has 2 amide bonds. The lowest BCUT2D eigenvalue weighted by Gasteiger charge is -2.42. The fourth-order valence-electron chi connectivity index (χ4n) is 8.20. The number of carbonyl (C=O) groups is 2. The van der Waals surface area contributed by atoms with Gasteiger partial charge in [-0.25, -0.2) is 0 Å². The molecule has 0 saturated heterocycles. The zero-order valence-electron chi connectivity index (χ0n) is 22.3. The van der Waals surface area contributed by atoms with Crippen molar-refractivity contribution in [2.45, 2.75) is 88.4 Å². The van der Waals surface area contributed by atoms with Gasteiger partial charge in [-0.1, -0.05) is 43.9 Å². The van der Waals surface area contributed by atoms with Crippen LogP contribution in [0.3, 0.4) is 0 Å². The maximum Gasteiger partial charge on any atom is 0.247 e. The maximum atomic E-state index is 14.1. The average molecular weight is 523 g/mol. The molecule has 7 nitrogen and oxygen atoms in total. The molecule has 206 valence electrons. The quantitative estimate of drug-likeness (QED) is 0.485. The standard InChI is InChI=1S/C31H42N2O5/c34-13-12-32-31(37)24-17-25(29(36)30-28(24)23-8-4-5-9-26(23)38-30)33(18-19-6-2-1-3-7-19)27(35)16-22-15-20-10-11-21(22)14-20/h4-5,8-9,17,19-22,25,28-30,34,36H,1-3,6-7,10-16,18H2,(H,32,37)/t20?,21?,22?,25-,28+,29+,30+/m1/s1. The van der Waals surface area contributed by atoms with Crippen LogP contribution in [-0.4, -0.2) is 64.9 Å². The van der Waals surface area contributed by atoms with E-state index in [1.54, 1.807) is 0 Å². The molecule has 1 aromatic rings. The Labute approximate surface area is 225 Å². The second kappa shape index (κ2) is 11.0. The smallest absolute Gasteiger partial charge is 0.247 e. The van der Waals surface area contributed by atoms with Gasteiger partial charge in [0.15, 0.2) is 0 Å². The van der Waals surface area contributed by atoms with E-state index in [-0.39, 0.29) is 25.0 Å². The predicted molar refractivity (Wildman–Crippen MR) is 143 cm³/mol. The number of hydrogen-bond donors (Lipinski definition) is 3. The highest BCUT2D eigenvalue weighted by molar-refractivity contribution is 5.96. The molecule has 7 atom stereocenters. The van der Waals surface area contributed by atoms with Gasteiger partial charge >= 0.3 is 0 Å². The third kappa shape index (κ3) is 4.88. The number of nitrogens with zero attached hydrogens (tertiary/aromatic N) is 1. The van der Waals surface area contributed by atoms with Crippen LogP contribution in [0.4, 0.5) is 0 Å². The summed E-state index contributed by atoms with van der Waals surface area (Å²) in [6.07, 6.45) is 11.6. The van der Waals surface area contributed by atoms with E-state index >= 15 is 0 Å². The number of amides is 2. The Hall–Kier alpha value is -2.38. The number of fused-ring (bicyclic) bond motifs is 5. The van der Waals surface area contributed by atoms with Crippen LogP contribution in [0.25, 0.3) is 0 Å². The summed E-state index contributed by atoms with van der Waals surface area (Å²) in [5.41, 5.74) is 1.40. The minimum atomic E-state index is -0.936. The minimum absolute atomic E-state index is 0.109. The van der Waals surface area contributed by atoms with E-state index in [0.29, 0.717) is 42.0 Å². The van der Waals surface area contributed by atoms with E-state index < -0.39 is 24.2 Å². The minimum Gasteiger partial charge on any atom is -0.486 e. The Bertz CT molecular complexity index is 1070. The van der Waals surface area contributed by atoms with E-state index in [1.807, 2.05) is 35.2 Å². The molecule has 1 aromatic carbocycles. The normalized spacial score (nSPS) is 33.7. The third-order valence-electron chi connectivity index (χ3n) is 10.1. The van der Waals surface area contributed by atoms with Crippen molar-refractivity contribution in [2.75, 3.05) is 19.7 Å². The Kier molecular flexibility index (Phi) is 7.50. The van der Waals surface area contributed by atoms with Crippen LogP contribution < -0.4 is 10.1 Å². The Balaban J connectivity index is 1.32. The first-order chi connectivity index (χ1) is 18.5. The lowest BCUT2D eigenvalue weighted by atomic mass is 9.77. The summed E-state index contributed by atoms with van der Waals surface area (Å²) in [5.74, 6) is 2.39. The monoisotopic (exact) mass is 522 g/mol. The number of carbonyl (C=O) groups excluding carboxylic acids is 2. The summed E-state index contributed by atoms with van der Waals surface area (Å²) in [4.78, 5) is 29.4. The highest BCUT2D eigenvalue weighted by Gasteiger charge is 2.51. The van der Waals surface area contributed by atoms with Crippen LogP contribution in [0.1, 0.15) is 75.7 Å². The molecule has 1 aliphatic heterocycles. The van der Waals surface area contributed by atoms with Gasteiger partial charge in [-0.2, -0.15) is 0 Å². The maximum absolute atomic E-state index is 14.1. The van der Waals surface area contributed by atoms with Gasteiger partial charge in [-0.3, -0.25) is 9.59 Å². The topological polar surface area (TPSA) is 99.1 Å². The van der Waals surface area contributed by atoms with Crippen molar-refractivity contribution in [3.8, 4) is 5.75 Å². The lowest BCUT2D eigenvalue weighted by Crippen LogP contribution is -2.57. The number of benzene rings is 1. The van der Waals surface area contributed by atoms with E-state index in [2.05, 4.69) is 5.32 Å². The highest BCUT2D eigenvalue weighted by atomic mass is 16.5. The van der Waals surface area contributed by atoms with Crippen LogP contribution in [0.15, 0.2) is 35.9 Å². The van der Waals surface area contributed by atoms with Crippen LogP contribution >= 0.6 is 0 Å². The molecule has 1 heterocycles. The molecule has 38 heavy (non-hydrogen) atoms. The molecular weight excluding hydrogens is 480 g/mol.